The van der Waals surface area contributed by atoms with Crippen molar-refractivity contribution in [2.45, 2.75) is 85.5 Å². The summed E-state index contributed by atoms with van der Waals surface area (Å²) in [6, 6.07) is 7.15. The molecule has 0 fully saturated rings. The highest BCUT2D eigenvalue weighted by atomic mass is 16.2. The van der Waals surface area contributed by atoms with Crippen LogP contribution in [0, 0.1) is 5.41 Å². The predicted octanol–water partition coefficient (Wildman–Crippen LogP) is 5.62. The standard InChI is InChI=1S/C21H36O/c1-9-16-13-17(19(2,3)4)15-18(14-16)21(7,8)20(5,6)11-10-12-22/h13-15,22H,9-12H2,1-8H3. The van der Waals surface area contributed by atoms with Gasteiger partial charge < -0.3 is 5.11 Å². The van der Waals surface area contributed by atoms with E-state index in [1.165, 1.54) is 16.7 Å². The Bertz CT molecular complexity index is 489. The summed E-state index contributed by atoms with van der Waals surface area (Å²) in [6.45, 7) is 18.7. The van der Waals surface area contributed by atoms with Gasteiger partial charge in [-0.1, -0.05) is 73.6 Å². The van der Waals surface area contributed by atoms with E-state index >= 15 is 0 Å². The van der Waals surface area contributed by atoms with E-state index in [-0.39, 0.29) is 22.9 Å². The summed E-state index contributed by atoms with van der Waals surface area (Å²) in [5, 5.41) is 9.20. The van der Waals surface area contributed by atoms with E-state index in [1.807, 2.05) is 0 Å². The molecular weight excluding hydrogens is 268 g/mol. The van der Waals surface area contributed by atoms with E-state index < -0.39 is 0 Å². The highest BCUT2D eigenvalue weighted by Gasteiger charge is 2.38. The second-order valence-electron chi connectivity index (χ2n) is 8.86. The molecule has 0 aliphatic carbocycles. The Morgan fingerprint density at radius 1 is 0.864 bits per heavy atom. The normalized spacial score (nSPS) is 13.5. The SMILES string of the molecule is CCc1cc(C(C)(C)C)cc(C(C)(C)C(C)(C)CCCO)c1. The summed E-state index contributed by atoms with van der Waals surface area (Å²) < 4.78 is 0. The van der Waals surface area contributed by atoms with Gasteiger partial charge in [-0.2, -0.15) is 0 Å². The number of rotatable bonds is 6. The molecule has 0 amide bonds. The third-order valence-corrected chi connectivity index (χ3v) is 5.64. The number of aryl methyl sites for hydroxylation is 1. The monoisotopic (exact) mass is 304 g/mol. The molecule has 1 aromatic carbocycles. The molecule has 126 valence electrons. The fourth-order valence-corrected chi connectivity index (χ4v) is 2.91. The Hall–Kier alpha value is -0.820. The average molecular weight is 305 g/mol. The average Bonchev–Trinajstić information content (AvgIpc) is 2.43. The number of aliphatic hydroxyl groups is 1. The summed E-state index contributed by atoms with van der Waals surface area (Å²) in [5.41, 5.74) is 4.68. The molecule has 22 heavy (non-hydrogen) atoms. The Morgan fingerprint density at radius 2 is 1.41 bits per heavy atom. The van der Waals surface area contributed by atoms with Gasteiger partial charge in [0.1, 0.15) is 0 Å². The number of hydrogen-bond acceptors (Lipinski definition) is 1. The molecule has 0 heterocycles. The third-order valence-electron chi connectivity index (χ3n) is 5.64. The molecule has 0 aliphatic rings. The van der Waals surface area contributed by atoms with Crippen molar-refractivity contribution in [2.75, 3.05) is 6.61 Å². The molecule has 1 aromatic rings. The first kappa shape index (κ1) is 19.2. The lowest BCUT2D eigenvalue weighted by atomic mass is 9.61. The van der Waals surface area contributed by atoms with Gasteiger partial charge in [0, 0.05) is 6.61 Å². The second-order valence-corrected chi connectivity index (χ2v) is 8.86. The summed E-state index contributed by atoms with van der Waals surface area (Å²) in [4.78, 5) is 0. The van der Waals surface area contributed by atoms with E-state index in [1.54, 1.807) is 0 Å². The number of aliphatic hydroxyl groups excluding tert-OH is 1. The number of hydrogen-bond donors (Lipinski definition) is 1. The van der Waals surface area contributed by atoms with E-state index in [4.69, 9.17) is 0 Å². The summed E-state index contributed by atoms with van der Waals surface area (Å²) in [5.74, 6) is 0. The Balaban J connectivity index is 3.34. The Morgan fingerprint density at radius 3 is 1.86 bits per heavy atom. The molecule has 0 aliphatic heterocycles. The van der Waals surface area contributed by atoms with Crippen molar-refractivity contribution in [3.63, 3.8) is 0 Å². The minimum absolute atomic E-state index is 0.0767. The van der Waals surface area contributed by atoms with Gasteiger partial charge in [0.05, 0.1) is 0 Å². The lowest BCUT2D eigenvalue weighted by Crippen LogP contribution is -2.37. The second kappa shape index (κ2) is 6.74. The zero-order valence-corrected chi connectivity index (χ0v) is 16.0. The van der Waals surface area contributed by atoms with Crippen LogP contribution in [0.2, 0.25) is 0 Å². The highest BCUT2D eigenvalue weighted by molar-refractivity contribution is 5.38. The molecule has 0 saturated carbocycles. The van der Waals surface area contributed by atoms with Crippen molar-refractivity contribution in [3.8, 4) is 0 Å². The maximum absolute atomic E-state index is 9.20. The van der Waals surface area contributed by atoms with Gasteiger partial charge in [-0.15, -0.1) is 0 Å². The van der Waals surface area contributed by atoms with Crippen LogP contribution in [0.25, 0.3) is 0 Å². The van der Waals surface area contributed by atoms with E-state index in [2.05, 4.69) is 73.6 Å². The number of benzene rings is 1. The lowest BCUT2D eigenvalue weighted by molar-refractivity contribution is 0.158. The van der Waals surface area contributed by atoms with E-state index in [0.717, 1.165) is 19.3 Å². The quantitative estimate of drug-likeness (QED) is 0.723. The topological polar surface area (TPSA) is 20.2 Å². The van der Waals surface area contributed by atoms with Crippen LogP contribution in [0.15, 0.2) is 18.2 Å². The van der Waals surface area contributed by atoms with Gasteiger partial charge in [-0.3, -0.25) is 0 Å². The molecule has 1 nitrogen and oxygen atoms in total. The molecule has 1 rings (SSSR count). The first-order valence-electron chi connectivity index (χ1n) is 8.71. The molecule has 0 unspecified atom stereocenters. The molecular formula is C21H36O. The van der Waals surface area contributed by atoms with Crippen molar-refractivity contribution in [3.05, 3.63) is 34.9 Å². The van der Waals surface area contributed by atoms with Crippen molar-refractivity contribution in [1.29, 1.82) is 0 Å². The minimum atomic E-state index is 0.0767. The molecule has 0 aromatic heterocycles. The van der Waals surface area contributed by atoms with Crippen LogP contribution in [0.4, 0.5) is 0 Å². The molecule has 0 bridgehead atoms. The fraction of sp³-hybridized carbons (Fsp3) is 0.714. The minimum Gasteiger partial charge on any atom is -0.396 e. The highest BCUT2D eigenvalue weighted by Crippen LogP contribution is 2.45. The van der Waals surface area contributed by atoms with Crippen LogP contribution in [0.3, 0.4) is 0 Å². The first-order chi connectivity index (χ1) is 9.95. The summed E-state index contributed by atoms with van der Waals surface area (Å²) in [7, 11) is 0. The van der Waals surface area contributed by atoms with Crippen molar-refractivity contribution in [1.82, 2.24) is 0 Å². The third kappa shape index (κ3) is 4.13. The maximum atomic E-state index is 9.20. The summed E-state index contributed by atoms with van der Waals surface area (Å²) >= 11 is 0. The van der Waals surface area contributed by atoms with E-state index in [9.17, 15) is 5.11 Å². The zero-order chi connectivity index (χ0) is 17.2. The predicted molar refractivity (Wildman–Crippen MR) is 97.6 cm³/mol. The molecule has 0 atom stereocenters. The van der Waals surface area contributed by atoms with Crippen LogP contribution in [-0.4, -0.2) is 11.7 Å². The molecule has 1 N–H and O–H groups in total. The first-order valence-corrected chi connectivity index (χ1v) is 8.71. The fourth-order valence-electron chi connectivity index (χ4n) is 2.91. The van der Waals surface area contributed by atoms with Gasteiger partial charge in [-0.25, -0.2) is 0 Å². The van der Waals surface area contributed by atoms with Crippen LogP contribution in [0.1, 0.15) is 84.9 Å². The van der Waals surface area contributed by atoms with E-state index in [0.29, 0.717) is 0 Å². The summed E-state index contributed by atoms with van der Waals surface area (Å²) in [6.07, 6.45) is 2.98. The molecule has 0 saturated heterocycles. The lowest BCUT2D eigenvalue weighted by Gasteiger charge is -2.43. The van der Waals surface area contributed by atoms with Gasteiger partial charge in [0.25, 0.3) is 0 Å². The van der Waals surface area contributed by atoms with Gasteiger partial charge in [0.15, 0.2) is 0 Å². The van der Waals surface area contributed by atoms with Crippen molar-refractivity contribution < 1.29 is 5.11 Å². The van der Waals surface area contributed by atoms with Gasteiger partial charge >= 0.3 is 0 Å². The van der Waals surface area contributed by atoms with Crippen LogP contribution in [0.5, 0.6) is 0 Å². The molecule has 0 spiro atoms. The van der Waals surface area contributed by atoms with Gasteiger partial charge in [0.2, 0.25) is 0 Å². The van der Waals surface area contributed by atoms with Crippen molar-refractivity contribution >= 4 is 0 Å². The maximum Gasteiger partial charge on any atom is 0.0431 e. The Kier molecular flexibility index (Phi) is 5.89. The zero-order valence-electron chi connectivity index (χ0n) is 16.0. The Labute approximate surface area is 138 Å². The molecule has 1 heteroatoms. The smallest absolute Gasteiger partial charge is 0.0431 e. The van der Waals surface area contributed by atoms with Crippen LogP contribution < -0.4 is 0 Å². The van der Waals surface area contributed by atoms with Crippen LogP contribution in [-0.2, 0) is 17.3 Å². The largest absolute Gasteiger partial charge is 0.396 e. The van der Waals surface area contributed by atoms with Gasteiger partial charge in [-0.05, 0) is 52.2 Å². The van der Waals surface area contributed by atoms with Crippen molar-refractivity contribution in [2.24, 2.45) is 5.41 Å². The molecule has 0 radical (unpaired) electrons. The van der Waals surface area contributed by atoms with Crippen LogP contribution >= 0.6 is 0 Å².